The third-order valence-corrected chi connectivity index (χ3v) is 6.78. The number of oxime groups is 1. The number of carbonyl (C=O) groups excluding carboxylic acids is 1. The molecule has 2 atom stereocenters. The number of nitrogens with zero attached hydrogens (tertiary/aromatic N) is 1. The highest BCUT2D eigenvalue weighted by molar-refractivity contribution is 7.91. The molecule has 0 radical (unpaired) electrons. The highest BCUT2D eigenvalue weighted by Crippen LogP contribution is 2.45. The molecule has 1 aliphatic heterocycles. The molecule has 1 amide bonds. The molecule has 6 nitrogen and oxygen atoms in total. The number of nitrogens with one attached hydrogen (secondary N) is 1. The number of halogens is 10. The van der Waals surface area contributed by atoms with Gasteiger partial charge >= 0.3 is 18.5 Å². The topological polar surface area (TPSA) is 84.8 Å². The SMILES string of the molecule is CS(=O)(=O)CC(=O)NCc1ccc(C2=NOC(C(c3cc(C(F)(F)F)cc(C(F)(F)F)c3)C(F)(F)F)C2)cc1Cl. The van der Waals surface area contributed by atoms with Gasteiger partial charge in [0.05, 0.1) is 16.8 Å². The number of amides is 1. The van der Waals surface area contributed by atoms with Crippen LogP contribution in [0.3, 0.4) is 0 Å². The van der Waals surface area contributed by atoms with Crippen molar-refractivity contribution in [2.24, 2.45) is 5.16 Å². The van der Waals surface area contributed by atoms with Crippen LogP contribution in [0.1, 0.15) is 40.2 Å². The molecule has 2 aromatic carbocycles. The maximum Gasteiger partial charge on any atom is 0.416 e. The molecular weight excluding hydrogens is 607 g/mol. The lowest BCUT2D eigenvalue weighted by Crippen LogP contribution is -2.33. The molecule has 0 fully saturated rings. The van der Waals surface area contributed by atoms with E-state index in [2.05, 4.69) is 10.5 Å². The van der Waals surface area contributed by atoms with Gasteiger partial charge in [0.1, 0.15) is 17.8 Å². The molecule has 17 heteroatoms. The van der Waals surface area contributed by atoms with Crippen LogP contribution in [0, 0.1) is 0 Å². The second-order valence-corrected chi connectivity index (χ2v) is 11.4. The summed E-state index contributed by atoms with van der Waals surface area (Å²) in [6.07, 6.45) is -17.8. The van der Waals surface area contributed by atoms with Crippen LogP contribution in [-0.2, 0) is 38.4 Å². The van der Waals surface area contributed by atoms with Crippen LogP contribution in [0.15, 0.2) is 41.6 Å². The van der Waals surface area contributed by atoms with Crippen molar-refractivity contribution >= 4 is 33.1 Å². The summed E-state index contributed by atoms with van der Waals surface area (Å²) < 4.78 is 144. The number of hydrogen-bond donors (Lipinski definition) is 1. The van der Waals surface area contributed by atoms with E-state index in [0.717, 1.165) is 6.26 Å². The molecule has 0 aliphatic carbocycles. The van der Waals surface area contributed by atoms with E-state index in [9.17, 15) is 52.7 Å². The zero-order chi connectivity index (χ0) is 30.3. The van der Waals surface area contributed by atoms with Gasteiger partial charge in [-0.3, -0.25) is 4.79 Å². The molecule has 0 spiro atoms. The monoisotopic (exact) mass is 624 g/mol. The molecule has 3 rings (SSSR count). The molecule has 1 heterocycles. The largest absolute Gasteiger partial charge is 0.416 e. The fourth-order valence-electron chi connectivity index (χ4n) is 3.87. The van der Waals surface area contributed by atoms with E-state index in [0.29, 0.717) is 5.56 Å². The zero-order valence-corrected chi connectivity index (χ0v) is 21.6. The Hall–Kier alpha value is -3.01. The molecule has 0 aromatic heterocycles. The summed E-state index contributed by atoms with van der Waals surface area (Å²) in [6, 6.07) is 3.67. The maximum atomic E-state index is 14.0. The van der Waals surface area contributed by atoms with E-state index in [4.69, 9.17) is 16.4 Å². The Morgan fingerprint density at radius 2 is 1.60 bits per heavy atom. The molecule has 0 saturated carbocycles. The summed E-state index contributed by atoms with van der Waals surface area (Å²) in [5.41, 5.74) is -4.78. The molecule has 2 unspecified atom stereocenters. The lowest BCUT2D eigenvalue weighted by molar-refractivity contribution is -0.177. The summed E-state index contributed by atoms with van der Waals surface area (Å²) in [6.45, 7) is -0.188. The summed E-state index contributed by atoms with van der Waals surface area (Å²) >= 11 is 6.15. The first-order chi connectivity index (χ1) is 18.1. The first-order valence-corrected chi connectivity index (χ1v) is 13.4. The number of rotatable bonds is 7. The first-order valence-electron chi connectivity index (χ1n) is 11.0. The molecule has 2 aromatic rings. The molecule has 0 saturated heterocycles. The smallest absolute Gasteiger partial charge is 0.391 e. The van der Waals surface area contributed by atoms with Gasteiger partial charge < -0.3 is 10.2 Å². The number of alkyl halides is 9. The third-order valence-electron chi connectivity index (χ3n) is 5.64. The van der Waals surface area contributed by atoms with Gasteiger partial charge in [-0.25, -0.2) is 8.42 Å². The van der Waals surface area contributed by atoms with Gasteiger partial charge in [-0.05, 0) is 35.4 Å². The van der Waals surface area contributed by atoms with Crippen molar-refractivity contribution in [2.75, 3.05) is 12.0 Å². The van der Waals surface area contributed by atoms with Crippen molar-refractivity contribution < 1.29 is 57.6 Å². The number of carbonyl (C=O) groups is 1. The van der Waals surface area contributed by atoms with Gasteiger partial charge in [0.15, 0.2) is 9.84 Å². The van der Waals surface area contributed by atoms with Crippen LogP contribution in [0.25, 0.3) is 0 Å². The van der Waals surface area contributed by atoms with Gasteiger partial charge in [0, 0.05) is 29.8 Å². The van der Waals surface area contributed by atoms with Crippen LogP contribution >= 0.6 is 11.6 Å². The van der Waals surface area contributed by atoms with Crippen LogP contribution in [0.4, 0.5) is 39.5 Å². The lowest BCUT2D eigenvalue weighted by Gasteiger charge is -2.26. The lowest BCUT2D eigenvalue weighted by atomic mass is 9.87. The average molecular weight is 625 g/mol. The van der Waals surface area contributed by atoms with E-state index in [1.165, 1.54) is 18.2 Å². The van der Waals surface area contributed by atoms with Crippen molar-refractivity contribution in [2.45, 2.75) is 43.5 Å². The van der Waals surface area contributed by atoms with Gasteiger partial charge in [-0.1, -0.05) is 28.9 Å². The molecule has 220 valence electrons. The standard InChI is InChI=1S/C23H18ClF9N2O4S/c1-40(37,38)10-19(36)34-9-12-3-2-11(6-16(12)24)17-8-18(39-35-17)20(23(31,32)33)13-4-14(21(25,26)27)7-15(5-13)22(28,29)30/h2-7,18,20H,8-10H2,1H3,(H,34,36). The molecule has 40 heavy (non-hydrogen) atoms. The van der Waals surface area contributed by atoms with E-state index in [1.54, 1.807) is 0 Å². The van der Waals surface area contributed by atoms with Crippen molar-refractivity contribution in [3.63, 3.8) is 0 Å². The predicted octanol–water partition coefficient (Wildman–Crippen LogP) is 5.88. The Kier molecular flexibility index (Phi) is 8.75. The minimum Gasteiger partial charge on any atom is -0.391 e. The van der Waals surface area contributed by atoms with Gasteiger partial charge in [-0.2, -0.15) is 39.5 Å². The summed E-state index contributed by atoms with van der Waals surface area (Å²) in [7, 11) is -3.58. The highest BCUT2D eigenvalue weighted by atomic mass is 35.5. The Labute approximate surface area is 226 Å². The van der Waals surface area contributed by atoms with Crippen LogP contribution in [0.2, 0.25) is 5.02 Å². The van der Waals surface area contributed by atoms with Crippen molar-refractivity contribution in [1.29, 1.82) is 0 Å². The zero-order valence-electron chi connectivity index (χ0n) is 20.0. The fraction of sp³-hybridized carbons (Fsp3) is 0.391. The Balaban J connectivity index is 1.85. The van der Waals surface area contributed by atoms with E-state index in [-0.39, 0.29) is 41.0 Å². The van der Waals surface area contributed by atoms with Crippen LogP contribution in [0.5, 0.6) is 0 Å². The molecule has 1 aliphatic rings. The quantitative estimate of drug-likeness (QED) is 0.390. The molecule has 1 N–H and O–H groups in total. The Morgan fingerprint density at radius 3 is 2.08 bits per heavy atom. The Morgan fingerprint density at radius 1 is 1.02 bits per heavy atom. The third kappa shape index (κ3) is 8.02. The summed E-state index contributed by atoms with van der Waals surface area (Å²) in [5.74, 6) is -4.47. The fourth-order valence-corrected chi connectivity index (χ4v) is 4.70. The van der Waals surface area contributed by atoms with Crippen molar-refractivity contribution in [1.82, 2.24) is 5.32 Å². The summed E-state index contributed by atoms with van der Waals surface area (Å²) in [5, 5.41) is 5.88. The van der Waals surface area contributed by atoms with E-state index >= 15 is 0 Å². The second kappa shape index (κ2) is 11.1. The minimum absolute atomic E-state index is 0.00150. The molecule has 0 bridgehead atoms. The van der Waals surface area contributed by atoms with Crippen molar-refractivity contribution in [3.05, 3.63) is 69.2 Å². The van der Waals surface area contributed by atoms with Crippen molar-refractivity contribution in [3.8, 4) is 0 Å². The number of hydrogen-bond acceptors (Lipinski definition) is 5. The number of benzene rings is 2. The maximum absolute atomic E-state index is 14.0. The Bertz CT molecular complexity index is 1390. The van der Waals surface area contributed by atoms with Crippen LogP contribution < -0.4 is 5.32 Å². The first kappa shape index (κ1) is 31.5. The normalized spacial score (nSPS) is 17.3. The predicted molar refractivity (Wildman–Crippen MR) is 124 cm³/mol. The second-order valence-electron chi connectivity index (χ2n) is 8.90. The van der Waals surface area contributed by atoms with E-state index in [1.807, 2.05) is 0 Å². The highest BCUT2D eigenvalue weighted by Gasteiger charge is 2.50. The van der Waals surface area contributed by atoms with E-state index < -0.39 is 75.2 Å². The van der Waals surface area contributed by atoms with Gasteiger partial charge in [0.25, 0.3) is 0 Å². The van der Waals surface area contributed by atoms with Gasteiger partial charge in [-0.15, -0.1) is 0 Å². The minimum atomic E-state index is -5.35. The average Bonchev–Trinajstić information content (AvgIpc) is 3.24. The molecular formula is C23H18ClF9N2O4S. The van der Waals surface area contributed by atoms with Crippen LogP contribution in [-0.4, -0.2) is 44.3 Å². The number of sulfone groups is 1. The van der Waals surface area contributed by atoms with Gasteiger partial charge in [0.2, 0.25) is 5.91 Å². The summed E-state index contributed by atoms with van der Waals surface area (Å²) in [4.78, 5) is 16.5.